The molecule has 90 valence electrons. The quantitative estimate of drug-likeness (QED) is 0.864. The van der Waals surface area contributed by atoms with Crippen LogP contribution in [-0.2, 0) is 11.3 Å². The Morgan fingerprint density at radius 3 is 3.00 bits per heavy atom. The van der Waals surface area contributed by atoms with Crippen molar-refractivity contribution in [1.29, 1.82) is 0 Å². The third kappa shape index (κ3) is 2.19. The van der Waals surface area contributed by atoms with Gasteiger partial charge in [-0.1, -0.05) is 12.5 Å². The van der Waals surface area contributed by atoms with Crippen LogP contribution >= 0.6 is 0 Å². The summed E-state index contributed by atoms with van der Waals surface area (Å²) in [6, 6.07) is 3.90. The maximum absolute atomic E-state index is 12.1. The largest absolute Gasteiger partial charge is 0.352 e. The summed E-state index contributed by atoms with van der Waals surface area (Å²) in [5.74, 6) is 2.02. The van der Waals surface area contributed by atoms with Crippen LogP contribution in [0.3, 0.4) is 0 Å². The summed E-state index contributed by atoms with van der Waals surface area (Å²) in [7, 11) is 0. The van der Waals surface area contributed by atoms with E-state index in [0.29, 0.717) is 12.5 Å². The van der Waals surface area contributed by atoms with Crippen LogP contribution < -0.4 is 5.32 Å². The first-order valence-corrected chi connectivity index (χ1v) is 6.49. The van der Waals surface area contributed by atoms with Crippen molar-refractivity contribution >= 4 is 5.91 Å². The van der Waals surface area contributed by atoms with Gasteiger partial charge in [0, 0.05) is 24.9 Å². The van der Waals surface area contributed by atoms with E-state index < -0.39 is 0 Å². The number of amides is 1. The van der Waals surface area contributed by atoms with Crippen LogP contribution in [0.15, 0.2) is 24.5 Å². The first-order valence-electron chi connectivity index (χ1n) is 6.49. The number of nitrogens with one attached hydrogen (secondary N) is 1. The lowest BCUT2D eigenvalue weighted by Gasteiger charge is -2.20. The lowest BCUT2D eigenvalue weighted by Crippen LogP contribution is -2.33. The number of carbonyl (C=O) groups is 1. The number of hydrogen-bond acceptors (Lipinski definition) is 2. The molecule has 17 heavy (non-hydrogen) atoms. The average molecular weight is 230 g/mol. The highest BCUT2D eigenvalue weighted by molar-refractivity contribution is 5.79. The summed E-state index contributed by atoms with van der Waals surface area (Å²) in [5.41, 5.74) is 1.07. The Bertz CT molecular complexity index is 404. The fourth-order valence-corrected chi connectivity index (χ4v) is 3.39. The molecule has 0 spiro atoms. The molecule has 2 aliphatic carbocycles. The molecule has 0 aliphatic heterocycles. The van der Waals surface area contributed by atoms with Gasteiger partial charge in [-0.15, -0.1) is 0 Å². The Hall–Kier alpha value is -1.38. The van der Waals surface area contributed by atoms with E-state index in [2.05, 4.69) is 10.3 Å². The third-order valence-electron chi connectivity index (χ3n) is 4.26. The monoisotopic (exact) mass is 230 g/mol. The number of carbonyl (C=O) groups excluding carboxylic acids is 1. The Balaban J connectivity index is 1.54. The molecule has 1 aromatic heterocycles. The van der Waals surface area contributed by atoms with E-state index in [1.165, 1.54) is 19.3 Å². The van der Waals surface area contributed by atoms with Crippen LogP contribution in [0.25, 0.3) is 0 Å². The van der Waals surface area contributed by atoms with Crippen LogP contribution in [0, 0.1) is 17.8 Å². The smallest absolute Gasteiger partial charge is 0.223 e. The zero-order valence-electron chi connectivity index (χ0n) is 9.93. The first kappa shape index (κ1) is 10.8. The third-order valence-corrected chi connectivity index (χ3v) is 4.26. The van der Waals surface area contributed by atoms with E-state index in [-0.39, 0.29) is 11.8 Å². The second-order valence-corrected chi connectivity index (χ2v) is 5.36. The molecule has 0 aromatic carbocycles. The zero-order chi connectivity index (χ0) is 11.7. The molecule has 1 N–H and O–H groups in total. The molecule has 1 aromatic rings. The Labute approximate surface area is 102 Å². The van der Waals surface area contributed by atoms with Gasteiger partial charge < -0.3 is 5.32 Å². The van der Waals surface area contributed by atoms with Crippen LogP contribution in [0.5, 0.6) is 0 Å². The molecule has 2 bridgehead atoms. The van der Waals surface area contributed by atoms with E-state index >= 15 is 0 Å². The van der Waals surface area contributed by atoms with Crippen molar-refractivity contribution < 1.29 is 4.79 Å². The number of pyridine rings is 1. The second kappa shape index (κ2) is 4.47. The van der Waals surface area contributed by atoms with Crippen molar-refractivity contribution in [2.24, 2.45) is 17.8 Å². The normalized spacial score (nSPS) is 30.5. The Morgan fingerprint density at radius 1 is 1.41 bits per heavy atom. The van der Waals surface area contributed by atoms with Gasteiger partial charge >= 0.3 is 0 Å². The SMILES string of the molecule is O=C(NCc1cccnc1)[C@@H]1C[C@H]2CC[C@H]1C2. The van der Waals surface area contributed by atoms with Crippen LogP contribution in [0.4, 0.5) is 0 Å². The summed E-state index contributed by atoms with van der Waals surface area (Å²) < 4.78 is 0. The summed E-state index contributed by atoms with van der Waals surface area (Å²) in [5, 5.41) is 3.05. The van der Waals surface area contributed by atoms with E-state index in [4.69, 9.17) is 0 Å². The molecule has 3 rings (SSSR count). The molecule has 0 saturated heterocycles. The van der Waals surface area contributed by atoms with Crippen LogP contribution in [0.1, 0.15) is 31.2 Å². The van der Waals surface area contributed by atoms with Crippen molar-refractivity contribution in [1.82, 2.24) is 10.3 Å². The Morgan fingerprint density at radius 2 is 2.35 bits per heavy atom. The predicted octanol–water partition coefficient (Wildman–Crippen LogP) is 2.13. The Kier molecular flexibility index (Phi) is 2.83. The van der Waals surface area contributed by atoms with Gasteiger partial charge in [-0.25, -0.2) is 0 Å². The summed E-state index contributed by atoms with van der Waals surface area (Å²) in [6.45, 7) is 0.612. The van der Waals surface area contributed by atoms with Crippen molar-refractivity contribution in [2.75, 3.05) is 0 Å². The van der Waals surface area contributed by atoms with Gasteiger partial charge in [0.05, 0.1) is 0 Å². The van der Waals surface area contributed by atoms with Crippen molar-refractivity contribution in [3.8, 4) is 0 Å². The predicted molar refractivity (Wildman–Crippen MR) is 65.0 cm³/mol. The van der Waals surface area contributed by atoms with E-state index in [9.17, 15) is 4.79 Å². The minimum Gasteiger partial charge on any atom is -0.352 e. The van der Waals surface area contributed by atoms with E-state index in [0.717, 1.165) is 17.9 Å². The second-order valence-electron chi connectivity index (χ2n) is 5.36. The maximum atomic E-state index is 12.1. The van der Waals surface area contributed by atoms with Gasteiger partial charge in [-0.3, -0.25) is 9.78 Å². The number of aromatic nitrogens is 1. The minimum absolute atomic E-state index is 0.251. The topological polar surface area (TPSA) is 42.0 Å². The summed E-state index contributed by atoms with van der Waals surface area (Å²) in [4.78, 5) is 16.1. The van der Waals surface area contributed by atoms with Gasteiger partial charge in [0.2, 0.25) is 5.91 Å². The average Bonchev–Trinajstić information content (AvgIpc) is 2.99. The van der Waals surface area contributed by atoms with E-state index in [1.54, 1.807) is 12.4 Å². The first-order chi connectivity index (χ1) is 8.33. The van der Waals surface area contributed by atoms with Gasteiger partial charge in [-0.2, -0.15) is 0 Å². The minimum atomic E-state index is 0.251. The zero-order valence-corrected chi connectivity index (χ0v) is 9.93. The number of rotatable bonds is 3. The summed E-state index contributed by atoms with van der Waals surface area (Å²) in [6.07, 6.45) is 8.56. The maximum Gasteiger partial charge on any atom is 0.223 e. The molecule has 2 fully saturated rings. The molecule has 3 nitrogen and oxygen atoms in total. The van der Waals surface area contributed by atoms with Crippen molar-refractivity contribution in [3.63, 3.8) is 0 Å². The molecule has 0 unspecified atom stereocenters. The highest BCUT2D eigenvalue weighted by atomic mass is 16.1. The fraction of sp³-hybridized carbons (Fsp3) is 0.571. The molecular formula is C14H18N2O. The number of hydrogen-bond donors (Lipinski definition) is 1. The summed E-state index contributed by atoms with van der Waals surface area (Å²) >= 11 is 0. The molecule has 2 aliphatic rings. The standard InChI is InChI=1S/C14H18N2O/c17-14(13-7-10-3-4-12(13)6-10)16-9-11-2-1-5-15-8-11/h1-2,5,8,10,12-13H,3-4,6-7,9H2,(H,16,17)/t10-,12-,13+/m0/s1. The number of fused-ring (bicyclic) bond motifs is 2. The molecule has 1 heterocycles. The highest BCUT2D eigenvalue weighted by Gasteiger charge is 2.42. The highest BCUT2D eigenvalue weighted by Crippen LogP contribution is 2.48. The lowest BCUT2D eigenvalue weighted by atomic mass is 9.88. The van der Waals surface area contributed by atoms with Gasteiger partial charge in [0.15, 0.2) is 0 Å². The molecular weight excluding hydrogens is 212 g/mol. The van der Waals surface area contributed by atoms with Crippen LogP contribution in [-0.4, -0.2) is 10.9 Å². The fourth-order valence-electron chi connectivity index (χ4n) is 3.39. The van der Waals surface area contributed by atoms with Gasteiger partial charge in [0.1, 0.15) is 0 Å². The molecule has 1 amide bonds. The molecule has 3 heteroatoms. The molecule has 2 saturated carbocycles. The number of nitrogens with zero attached hydrogens (tertiary/aromatic N) is 1. The van der Waals surface area contributed by atoms with Crippen molar-refractivity contribution in [3.05, 3.63) is 30.1 Å². The van der Waals surface area contributed by atoms with Gasteiger partial charge in [0.25, 0.3) is 0 Å². The van der Waals surface area contributed by atoms with E-state index in [1.807, 2.05) is 12.1 Å². The van der Waals surface area contributed by atoms with Crippen molar-refractivity contribution in [2.45, 2.75) is 32.2 Å². The van der Waals surface area contributed by atoms with Gasteiger partial charge in [-0.05, 0) is 42.7 Å². The molecule has 0 radical (unpaired) electrons. The molecule has 3 atom stereocenters. The van der Waals surface area contributed by atoms with Crippen LogP contribution in [0.2, 0.25) is 0 Å². The lowest BCUT2D eigenvalue weighted by molar-refractivity contribution is -0.126.